The largest absolute Gasteiger partial charge is 0.497 e. The minimum atomic E-state index is -3.84. The van der Waals surface area contributed by atoms with Gasteiger partial charge in [-0.1, -0.05) is 6.07 Å². The van der Waals surface area contributed by atoms with Crippen molar-refractivity contribution in [2.24, 2.45) is 5.10 Å². The third-order valence-corrected chi connectivity index (χ3v) is 4.62. The van der Waals surface area contributed by atoms with Gasteiger partial charge in [0.2, 0.25) is 0 Å². The molecule has 0 saturated heterocycles. The molecule has 0 unspecified atom stereocenters. The third-order valence-electron chi connectivity index (χ3n) is 2.57. The summed E-state index contributed by atoms with van der Waals surface area (Å²) in [5, 5.41) is 5.62. The first kappa shape index (κ1) is 15.3. The number of benzene rings is 1. The molecule has 1 heterocycles. The molecule has 1 aromatic heterocycles. The first-order valence-electron chi connectivity index (χ1n) is 5.87. The van der Waals surface area contributed by atoms with Crippen molar-refractivity contribution < 1.29 is 17.9 Å². The van der Waals surface area contributed by atoms with E-state index in [0.717, 1.165) is 4.88 Å². The van der Waals surface area contributed by atoms with Gasteiger partial charge < -0.3 is 9.47 Å². The summed E-state index contributed by atoms with van der Waals surface area (Å²) in [4.78, 5) is 2.96. The maximum atomic E-state index is 12.3. The summed E-state index contributed by atoms with van der Waals surface area (Å²) in [7, 11) is -0.980. The zero-order chi connectivity index (χ0) is 15.3. The van der Waals surface area contributed by atoms with Crippen LogP contribution >= 0.6 is 11.3 Å². The van der Waals surface area contributed by atoms with Gasteiger partial charge in [0.05, 0.1) is 20.4 Å². The molecule has 0 aliphatic heterocycles. The molecule has 2 rings (SSSR count). The van der Waals surface area contributed by atoms with E-state index in [2.05, 4.69) is 9.93 Å². The average Bonchev–Trinajstić information content (AvgIpc) is 2.99. The minimum Gasteiger partial charge on any atom is -0.497 e. The smallest absolute Gasteiger partial charge is 0.280 e. The Hall–Kier alpha value is -2.06. The van der Waals surface area contributed by atoms with E-state index in [1.54, 1.807) is 6.07 Å². The molecule has 8 heteroatoms. The summed E-state index contributed by atoms with van der Waals surface area (Å²) in [5.41, 5.74) is 0. The highest BCUT2D eigenvalue weighted by Crippen LogP contribution is 2.27. The lowest BCUT2D eigenvalue weighted by Gasteiger charge is -2.10. The van der Waals surface area contributed by atoms with Crippen LogP contribution in [0.4, 0.5) is 0 Å². The summed E-state index contributed by atoms with van der Waals surface area (Å²) in [6.07, 6.45) is 1.44. The highest BCUT2D eigenvalue weighted by molar-refractivity contribution is 7.89. The Balaban J connectivity index is 2.26. The predicted molar refractivity (Wildman–Crippen MR) is 81.8 cm³/mol. The molecule has 0 radical (unpaired) electrons. The van der Waals surface area contributed by atoms with Crippen LogP contribution in [0.1, 0.15) is 4.88 Å². The Morgan fingerprint density at radius 3 is 2.67 bits per heavy atom. The van der Waals surface area contributed by atoms with Gasteiger partial charge in [0.15, 0.2) is 0 Å². The van der Waals surface area contributed by atoms with Crippen molar-refractivity contribution in [3.05, 3.63) is 40.6 Å². The lowest BCUT2D eigenvalue weighted by atomic mass is 10.3. The normalized spacial score (nSPS) is 11.5. The van der Waals surface area contributed by atoms with Crippen molar-refractivity contribution in [1.29, 1.82) is 0 Å². The molecular weight excluding hydrogens is 312 g/mol. The Morgan fingerprint density at radius 1 is 1.24 bits per heavy atom. The van der Waals surface area contributed by atoms with Gasteiger partial charge in [-0.15, -0.1) is 11.3 Å². The van der Waals surface area contributed by atoms with Crippen molar-refractivity contribution in [3.63, 3.8) is 0 Å². The van der Waals surface area contributed by atoms with Crippen LogP contribution in [0.2, 0.25) is 0 Å². The molecule has 1 N–H and O–H groups in total. The zero-order valence-electron chi connectivity index (χ0n) is 11.4. The van der Waals surface area contributed by atoms with Crippen molar-refractivity contribution in [2.75, 3.05) is 14.2 Å². The molecule has 0 amide bonds. The van der Waals surface area contributed by atoms with E-state index in [4.69, 9.17) is 9.47 Å². The van der Waals surface area contributed by atoms with Crippen LogP contribution in [-0.2, 0) is 10.0 Å². The summed E-state index contributed by atoms with van der Waals surface area (Å²) in [6, 6.07) is 8.20. The molecule has 0 bridgehead atoms. The van der Waals surface area contributed by atoms with Crippen LogP contribution in [0.5, 0.6) is 11.5 Å². The van der Waals surface area contributed by atoms with E-state index in [9.17, 15) is 8.42 Å². The van der Waals surface area contributed by atoms with Crippen LogP contribution in [0.3, 0.4) is 0 Å². The minimum absolute atomic E-state index is 0.0346. The van der Waals surface area contributed by atoms with Crippen LogP contribution in [0, 0.1) is 0 Å². The average molecular weight is 326 g/mol. The maximum absolute atomic E-state index is 12.3. The van der Waals surface area contributed by atoms with E-state index >= 15 is 0 Å². The Labute approximate surface area is 127 Å². The Bertz CT molecular complexity index is 725. The number of nitrogens with zero attached hydrogens (tertiary/aromatic N) is 1. The van der Waals surface area contributed by atoms with Crippen molar-refractivity contribution >= 4 is 27.6 Å². The summed E-state index contributed by atoms with van der Waals surface area (Å²) in [5.74, 6) is 0.632. The highest BCUT2D eigenvalue weighted by Gasteiger charge is 2.19. The summed E-state index contributed by atoms with van der Waals surface area (Å²) < 4.78 is 34.6. The Kier molecular flexibility index (Phi) is 4.81. The molecule has 0 spiro atoms. The molecule has 0 fully saturated rings. The van der Waals surface area contributed by atoms with Crippen molar-refractivity contribution in [2.45, 2.75) is 4.90 Å². The second-order valence-electron chi connectivity index (χ2n) is 3.89. The third kappa shape index (κ3) is 3.73. The molecule has 0 atom stereocenters. The molecule has 0 saturated carbocycles. The van der Waals surface area contributed by atoms with Gasteiger partial charge in [-0.2, -0.15) is 18.4 Å². The van der Waals surface area contributed by atoms with Gasteiger partial charge in [0.1, 0.15) is 16.4 Å². The van der Waals surface area contributed by atoms with Crippen LogP contribution in [-0.4, -0.2) is 28.9 Å². The number of methoxy groups -OCH3 is 2. The topological polar surface area (TPSA) is 77.0 Å². The number of hydrazone groups is 1. The summed E-state index contributed by atoms with van der Waals surface area (Å²) >= 11 is 1.45. The second kappa shape index (κ2) is 6.59. The van der Waals surface area contributed by atoms with Crippen LogP contribution < -0.4 is 14.3 Å². The highest BCUT2D eigenvalue weighted by atomic mass is 32.2. The van der Waals surface area contributed by atoms with E-state index < -0.39 is 10.0 Å². The zero-order valence-corrected chi connectivity index (χ0v) is 13.1. The van der Waals surface area contributed by atoms with Gasteiger partial charge in [0, 0.05) is 10.9 Å². The monoisotopic (exact) mass is 326 g/mol. The number of hydrogen-bond acceptors (Lipinski definition) is 6. The molecule has 6 nitrogen and oxygen atoms in total. The number of ether oxygens (including phenoxy) is 2. The van der Waals surface area contributed by atoms with E-state index in [1.807, 2.05) is 17.5 Å². The molecule has 1 aromatic carbocycles. The standard InChI is InChI=1S/C13H14N2O4S2/c1-18-10-5-6-12(19-2)13(8-10)21(16,17)15-14-9-11-4-3-7-20-11/h3-9,15H,1-2H3. The number of hydrogen-bond donors (Lipinski definition) is 1. The second-order valence-corrected chi connectivity index (χ2v) is 6.49. The molecule has 21 heavy (non-hydrogen) atoms. The fourth-order valence-electron chi connectivity index (χ4n) is 1.57. The van der Waals surface area contributed by atoms with E-state index in [-0.39, 0.29) is 10.6 Å². The quantitative estimate of drug-likeness (QED) is 0.651. The lowest BCUT2D eigenvalue weighted by Crippen LogP contribution is -2.19. The van der Waals surface area contributed by atoms with Gasteiger partial charge >= 0.3 is 0 Å². The van der Waals surface area contributed by atoms with Crippen molar-refractivity contribution in [3.8, 4) is 11.5 Å². The number of rotatable bonds is 6. The first-order chi connectivity index (χ1) is 10.1. The van der Waals surface area contributed by atoms with Gasteiger partial charge in [-0.05, 0) is 23.6 Å². The van der Waals surface area contributed by atoms with Gasteiger partial charge in [-0.3, -0.25) is 0 Å². The Morgan fingerprint density at radius 2 is 2.05 bits per heavy atom. The summed E-state index contributed by atoms with van der Waals surface area (Å²) in [6.45, 7) is 0. The van der Waals surface area contributed by atoms with Crippen LogP contribution in [0.15, 0.2) is 45.7 Å². The maximum Gasteiger partial charge on any atom is 0.280 e. The number of sulfonamides is 1. The number of nitrogens with one attached hydrogen (secondary N) is 1. The molecule has 0 aliphatic rings. The fraction of sp³-hybridized carbons (Fsp3) is 0.154. The van der Waals surface area contributed by atoms with E-state index in [0.29, 0.717) is 5.75 Å². The van der Waals surface area contributed by atoms with Crippen molar-refractivity contribution in [1.82, 2.24) is 4.83 Å². The molecule has 112 valence electrons. The van der Waals surface area contributed by atoms with Gasteiger partial charge in [0.25, 0.3) is 10.0 Å². The first-order valence-corrected chi connectivity index (χ1v) is 8.23. The lowest BCUT2D eigenvalue weighted by molar-refractivity contribution is 0.392. The predicted octanol–water partition coefficient (Wildman–Crippen LogP) is 2.08. The van der Waals surface area contributed by atoms with E-state index in [1.165, 1.54) is 43.9 Å². The number of thiophene rings is 1. The SMILES string of the molecule is COc1ccc(OC)c(S(=O)(=O)NN=Cc2cccs2)c1. The molecule has 2 aromatic rings. The molecule has 0 aliphatic carbocycles. The van der Waals surface area contributed by atoms with Gasteiger partial charge in [-0.25, -0.2) is 0 Å². The van der Waals surface area contributed by atoms with Crippen LogP contribution in [0.25, 0.3) is 0 Å². The fourth-order valence-corrected chi connectivity index (χ4v) is 3.13. The molecular formula is C13H14N2O4S2.